The van der Waals surface area contributed by atoms with E-state index in [9.17, 15) is 9.59 Å². The van der Waals surface area contributed by atoms with Crippen LogP contribution in [0.4, 0.5) is 5.69 Å². The first-order valence-corrected chi connectivity index (χ1v) is 8.89. The van der Waals surface area contributed by atoms with Gasteiger partial charge in [-0.1, -0.05) is 35.9 Å². The Hall–Kier alpha value is -3.74. The van der Waals surface area contributed by atoms with Gasteiger partial charge in [0.15, 0.2) is 0 Å². The van der Waals surface area contributed by atoms with E-state index in [4.69, 9.17) is 0 Å². The van der Waals surface area contributed by atoms with Gasteiger partial charge in [-0.25, -0.2) is 9.20 Å². The van der Waals surface area contributed by atoms with Gasteiger partial charge in [-0.3, -0.25) is 9.59 Å². The average Bonchev–Trinajstić information content (AvgIpc) is 3.12. The summed E-state index contributed by atoms with van der Waals surface area (Å²) >= 11 is 0. The highest BCUT2D eigenvalue weighted by Crippen LogP contribution is 2.23. The second kappa shape index (κ2) is 7.11. The van der Waals surface area contributed by atoms with Gasteiger partial charge in [0.2, 0.25) is 5.91 Å². The van der Waals surface area contributed by atoms with Crippen molar-refractivity contribution in [3.63, 3.8) is 0 Å². The summed E-state index contributed by atoms with van der Waals surface area (Å²) in [4.78, 5) is 25.0. The summed E-state index contributed by atoms with van der Waals surface area (Å²) in [5, 5.41) is 11.3. The van der Waals surface area contributed by atoms with Crippen LogP contribution in [0.15, 0.2) is 65.7 Å². The molecule has 4 rings (SSSR count). The van der Waals surface area contributed by atoms with Gasteiger partial charge in [-0.15, -0.1) is 0 Å². The van der Waals surface area contributed by atoms with Crippen molar-refractivity contribution in [2.24, 2.45) is 0 Å². The Morgan fingerprint density at radius 1 is 1.07 bits per heavy atom. The third-order valence-electron chi connectivity index (χ3n) is 4.51. The minimum Gasteiger partial charge on any atom is -0.324 e. The van der Waals surface area contributed by atoms with E-state index in [1.165, 1.54) is 10.8 Å². The van der Waals surface area contributed by atoms with E-state index >= 15 is 0 Å². The van der Waals surface area contributed by atoms with Gasteiger partial charge in [0.25, 0.3) is 5.56 Å². The number of anilines is 1. The van der Waals surface area contributed by atoms with Gasteiger partial charge >= 0.3 is 0 Å². The highest BCUT2D eigenvalue weighted by atomic mass is 16.2. The summed E-state index contributed by atoms with van der Waals surface area (Å²) in [5.41, 5.74) is 4.54. The van der Waals surface area contributed by atoms with Crippen LogP contribution in [0.2, 0.25) is 0 Å². The molecule has 0 atom stereocenters. The Morgan fingerprint density at radius 3 is 2.64 bits per heavy atom. The minimum atomic E-state index is -0.366. The number of aryl methyl sites for hydroxylation is 2. The topological polar surface area (TPSA) is 81.3 Å². The second-order valence-electron chi connectivity index (χ2n) is 6.69. The van der Waals surface area contributed by atoms with Crippen LogP contribution in [-0.2, 0) is 11.3 Å². The van der Waals surface area contributed by atoms with Crippen LogP contribution in [0, 0.1) is 13.8 Å². The lowest BCUT2D eigenvalue weighted by Crippen LogP contribution is -2.30. The van der Waals surface area contributed by atoms with Gasteiger partial charge in [0.05, 0.1) is 5.69 Å². The molecular weight excluding hydrogens is 354 g/mol. The van der Waals surface area contributed by atoms with Crippen molar-refractivity contribution in [1.82, 2.24) is 19.4 Å². The molecule has 7 nitrogen and oxygen atoms in total. The van der Waals surface area contributed by atoms with Crippen LogP contribution in [0.25, 0.3) is 16.8 Å². The molecule has 1 amide bonds. The summed E-state index contributed by atoms with van der Waals surface area (Å²) in [5.74, 6) is -0.320. The standard InChI is InChI=1S/C21H19N5O2/c1-14-8-9-15(2)17(10-14)18-11-19-21(28)25(22-13-26(19)24-18)12-20(27)23-16-6-4-3-5-7-16/h3-11,13H,12H2,1-2H3,(H,23,27). The maximum Gasteiger partial charge on any atom is 0.293 e. The SMILES string of the molecule is Cc1ccc(C)c(-c2cc3c(=O)n(CC(=O)Nc4ccccc4)ncn3n2)c1. The van der Waals surface area contributed by atoms with E-state index in [1.807, 2.05) is 50.2 Å². The second-order valence-corrected chi connectivity index (χ2v) is 6.69. The number of nitrogens with one attached hydrogen (secondary N) is 1. The first-order valence-electron chi connectivity index (χ1n) is 8.89. The molecule has 4 aromatic rings. The molecule has 28 heavy (non-hydrogen) atoms. The van der Waals surface area contributed by atoms with Gasteiger partial charge in [-0.05, 0) is 43.7 Å². The Kier molecular flexibility index (Phi) is 4.49. The lowest BCUT2D eigenvalue weighted by atomic mass is 10.0. The molecule has 2 heterocycles. The molecule has 1 N–H and O–H groups in total. The van der Waals surface area contributed by atoms with Gasteiger partial charge in [0, 0.05) is 11.3 Å². The van der Waals surface area contributed by atoms with Crippen LogP contribution >= 0.6 is 0 Å². The molecule has 140 valence electrons. The van der Waals surface area contributed by atoms with Crippen molar-refractivity contribution in [2.75, 3.05) is 5.32 Å². The predicted molar refractivity (Wildman–Crippen MR) is 107 cm³/mol. The number of hydrogen-bond acceptors (Lipinski definition) is 4. The largest absolute Gasteiger partial charge is 0.324 e. The summed E-state index contributed by atoms with van der Waals surface area (Å²) in [6.45, 7) is 3.84. The lowest BCUT2D eigenvalue weighted by Gasteiger charge is -2.06. The number of hydrogen-bond donors (Lipinski definition) is 1. The van der Waals surface area contributed by atoms with E-state index < -0.39 is 0 Å². The van der Waals surface area contributed by atoms with Crippen LogP contribution in [-0.4, -0.2) is 25.3 Å². The van der Waals surface area contributed by atoms with Crippen molar-refractivity contribution >= 4 is 17.1 Å². The number of carbonyl (C=O) groups is 1. The minimum absolute atomic E-state index is 0.172. The molecule has 2 aromatic carbocycles. The summed E-state index contributed by atoms with van der Waals surface area (Å²) in [6, 6.07) is 16.9. The van der Waals surface area contributed by atoms with Crippen LogP contribution in [0.1, 0.15) is 11.1 Å². The molecule has 0 unspecified atom stereocenters. The normalized spacial score (nSPS) is 10.9. The number of nitrogens with zero attached hydrogens (tertiary/aromatic N) is 4. The molecule has 0 aliphatic rings. The molecule has 0 fully saturated rings. The third kappa shape index (κ3) is 3.42. The van der Waals surface area contributed by atoms with Crippen molar-refractivity contribution < 1.29 is 4.79 Å². The molecule has 2 aromatic heterocycles. The molecule has 7 heteroatoms. The zero-order valence-corrected chi connectivity index (χ0v) is 15.6. The van der Waals surface area contributed by atoms with Crippen molar-refractivity contribution in [3.05, 3.63) is 82.4 Å². The Morgan fingerprint density at radius 2 is 1.86 bits per heavy atom. The van der Waals surface area contributed by atoms with Crippen LogP contribution < -0.4 is 10.9 Å². The zero-order chi connectivity index (χ0) is 19.7. The predicted octanol–water partition coefficient (Wildman–Crippen LogP) is 2.81. The molecule has 0 radical (unpaired) electrons. The lowest BCUT2D eigenvalue weighted by molar-refractivity contribution is -0.117. The van der Waals surface area contributed by atoms with E-state index in [0.29, 0.717) is 16.9 Å². The molecule has 0 aliphatic carbocycles. The molecule has 0 aliphatic heterocycles. The number of carbonyl (C=O) groups excluding carboxylic acids is 1. The van der Waals surface area contributed by atoms with E-state index in [2.05, 4.69) is 15.5 Å². The fourth-order valence-corrected chi connectivity index (χ4v) is 3.05. The fraction of sp³-hybridized carbons (Fsp3) is 0.143. The number of fused-ring (bicyclic) bond motifs is 1. The monoisotopic (exact) mass is 373 g/mol. The highest BCUT2D eigenvalue weighted by Gasteiger charge is 2.13. The molecule has 0 bridgehead atoms. The van der Waals surface area contributed by atoms with Crippen molar-refractivity contribution in [3.8, 4) is 11.3 Å². The Bertz CT molecular complexity index is 1220. The number of para-hydroxylation sites is 1. The zero-order valence-electron chi connectivity index (χ0n) is 15.6. The van der Waals surface area contributed by atoms with Crippen LogP contribution in [0.3, 0.4) is 0 Å². The highest BCUT2D eigenvalue weighted by molar-refractivity contribution is 5.90. The number of aromatic nitrogens is 4. The van der Waals surface area contributed by atoms with E-state index in [1.54, 1.807) is 18.2 Å². The van der Waals surface area contributed by atoms with Gasteiger partial charge in [-0.2, -0.15) is 10.2 Å². The van der Waals surface area contributed by atoms with Gasteiger partial charge < -0.3 is 5.32 Å². The summed E-state index contributed by atoms with van der Waals surface area (Å²) in [6.07, 6.45) is 1.45. The maximum atomic E-state index is 12.8. The Balaban J connectivity index is 1.65. The molecule has 0 spiro atoms. The third-order valence-corrected chi connectivity index (χ3v) is 4.51. The molecular formula is C21H19N5O2. The van der Waals surface area contributed by atoms with Crippen molar-refractivity contribution in [1.29, 1.82) is 0 Å². The molecule has 0 saturated heterocycles. The number of benzene rings is 2. The smallest absolute Gasteiger partial charge is 0.293 e. The first-order chi connectivity index (χ1) is 13.5. The first kappa shape index (κ1) is 17.7. The quantitative estimate of drug-likeness (QED) is 0.596. The maximum absolute atomic E-state index is 12.8. The summed E-state index contributed by atoms with van der Waals surface area (Å²) < 4.78 is 2.59. The average molecular weight is 373 g/mol. The van der Waals surface area contributed by atoms with Crippen LogP contribution in [0.5, 0.6) is 0 Å². The molecule has 0 saturated carbocycles. The van der Waals surface area contributed by atoms with E-state index in [-0.39, 0.29) is 18.0 Å². The number of amides is 1. The van der Waals surface area contributed by atoms with E-state index in [0.717, 1.165) is 21.4 Å². The van der Waals surface area contributed by atoms with Gasteiger partial charge in [0.1, 0.15) is 18.4 Å². The summed E-state index contributed by atoms with van der Waals surface area (Å²) in [7, 11) is 0. The number of rotatable bonds is 4. The Labute approximate surface area is 161 Å². The van der Waals surface area contributed by atoms with Crippen molar-refractivity contribution in [2.45, 2.75) is 20.4 Å². The fourth-order valence-electron chi connectivity index (χ4n) is 3.05.